The van der Waals surface area contributed by atoms with Crippen molar-refractivity contribution in [2.45, 2.75) is 17.4 Å². The van der Waals surface area contributed by atoms with Gasteiger partial charge in [0.1, 0.15) is 0 Å². The molecule has 1 unspecified atom stereocenters. The number of hydrogen-bond donors (Lipinski definition) is 1. The standard InChI is InChI=1S/C16H17N3O2S/c1-19-16(21)15-12(10-18-19)14(17-7-8-22-15)13(20)9-11-5-3-2-4-6-11/h2-6,10,14,17H,7-9H2,1H3. The maximum Gasteiger partial charge on any atom is 0.280 e. The van der Waals surface area contributed by atoms with Crippen LogP contribution in [-0.2, 0) is 18.3 Å². The van der Waals surface area contributed by atoms with Gasteiger partial charge in [0, 0.05) is 31.3 Å². The second-order valence-corrected chi connectivity index (χ2v) is 6.33. The Labute approximate surface area is 132 Å². The smallest absolute Gasteiger partial charge is 0.280 e. The lowest BCUT2D eigenvalue weighted by molar-refractivity contribution is -0.120. The summed E-state index contributed by atoms with van der Waals surface area (Å²) < 4.78 is 1.32. The first-order valence-electron chi connectivity index (χ1n) is 7.16. The SMILES string of the molecule is Cn1ncc2c(c1=O)SCCNC2C(=O)Cc1ccccc1. The molecule has 0 bridgehead atoms. The van der Waals surface area contributed by atoms with E-state index < -0.39 is 6.04 Å². The maximum absolute atomic E-state index is 12.7. The van der Waals surface area contributed by atoms with Gasteiger partial charge < -0.3 is 5.32 Å². The van der Waals surface area contributed by atoms with Crippen molar-refractivity contribution in [3.63, 3.8) is 0 Å². The number of aryl methyl sites for hydroxylation is 1. The predicted molar refractivity (Wildman–Crippen MR) is 86.1 cm³/mol. The summed E-state index contributed by atoms with van der Waals surface area (Å²) in [5.74, 6) is 0.825. The second kappa shape index (κ2) is 6.46. The highest BCUT2D eigenvalue weighted by atomic mass is 32.2. The Morgan fingerprint density at radius 3 is 2.95 bits per heavy atom. The first kappa shape index (κ1) is 15.0. The number of nitrogens with zero attached hydrogens (tertiary/aromatic N) is 2. The fourth-order valence-corrected chi connectivity index (χ4v) is 3.55. The number of thioether (sulfide) groups is 1. The van der Waals surface area contributed by atoms with E-state index in [4.69, 9.17) is 0 Å². The predicted octanol–water partition coefficient (Wildman–Crippen LogP) is 1.33. The lowest BCUT2D eigenvalue weighted by Crippen LogP contribution is -2.32. The van der Waals surface area contributed by atoms with Crippen LogP contribution >= 0.6 is 11.8 Å². The lowest BCUT2D eigenvalue weighted by atomic mass is 9.99. The molecule has 6 heteroatoms. The Balaban J connectivity index is 1.93. The molecule has 1 atom stereocenters. The molecule has 114 valence electrons. The number of rotatable bonds is 3. The fourth-order valence-electron chi connectivity index (χ4n) is 2.53. The highest BCUT2D eigenvalue weighted by molar-refractivity contribution is 7.99. The monoisotopic (exact) mass is 315 g/mol. The third-order valence-electron chi connectivity index (χ3n) is 3.67. The van der Waals surface area contributed by atoms with Gasteiger partial charge in [-0.2, -0.15) is 5.10 Å². The summed E-state index contributed by atoms with van der Waals surface area (Å²) in [5.41, 5.74) is 1.54. The summed E-state index contributed by atoms with van der Waals surface area (Å²) in [6, 6.07) is 9.18. The van der Waals surface area contributed by atoms with Gasteiger partial charge in [-0.3, -0.25) is 9.59 Å². The Bertz CT molecular complexity index is 743. The van der Waals surface area contributed by atoms with E-state index in [1.807, 2.05) is 30.3 Å². The number of nitrogens with one attached hydrogen (secondary N) is 1. The third-order valence-corrected chi connectivity index (χ3v) is 4.78. The van der Waals surface area contributed by atoms with Crippen LogP contribution < -0.4 is 10.9 Å². The van der Waals surface area contributed by atoms with Crippen LogP contribution in [0.1, 0.15) is 17.2 Å². The topological polar surface area (TPSA) is 64.0 Å². The fraction of sp³-hybridized carbons (Fsp3) is 0.312. The van der Waals surface area contributed by atoms with Gasteiger partial charge in [0.2, 0.25) is 0 Å². The van der Waals surface area contributed by atoms with Crippen molar-refractivity contribution in [1.82, 2.24) is 15.1 Å². The molecule has 0 amide bonds. The maximum atomic E-state index is 12.7. The van der Waals surface area contributed by atoms with E-state index in [-0.39, 0.29) is 11.3 Å². The van der Waals surface area contributed by atoms with Gasteiger partial charge in [0.25, 0.3) is 5.56 Å². The van der Waals surface area contributed by atoms with Gasteiger partial charge in [-0.05, 0) is 5.56 Å². The Hall–Kier alpha value is -1.92. The summed E-state index contributed by atoms with van der Waals surface area (Å²) in [4.78, 5) is 25.5. The number of hydrogen-bond acceptors (Lipinski definition) is 5. The number of fused-ring (bicyclic) bond motifs is 1. The zero-order chi connectivity index (χ0) is 15.5. The van der Waals surface area contributed by atoms with Crippen molar-refractivity contribution in [3.8, 4) is 0 Å². The molecule has 0 spiro atoms. The van der Waals surface area contributed by atoms with Crippen LogP contribution in [-0.4, -0.2) is 27.9 Å². The number of Topliss-reactive ketones (excluding diaryl/α,β-unsaturated/α-hetero) is 1. The molecule has 2 heterocycles. The van der Waals surface area contributed by atoms with Crippen molar-refractivity contribution in [2.75, 3.05) is 12.3 Å². The average molecular weight is 315 g/mol. The molecule has 0 radical (unpaired) electrons. The molecule has 1 N–H and O–H groups in total. The van der Waals surface area contributed by atoms with Crippen molar-refractivity contribution < 1.29 is 4.79 Å². The summed E-state index contributed by atoms with van der Waals surface area (Å²) in [7, 11) is 1.63. The summed E-state index contributed by atoms with van der Waals surface area (Å²) >= 11 is 1.49. The minimum Gasteiger partial charge on any atom is -0.303 e. The van der Waals surface area contributed by atoms with Crippen molar-refractivity contribution in [1.29, 1.82) is 0 Å². The van der Waals surface area contributed by atoms with E-state index in [0.29, 0.717) is 23.4 Å². The molecule has 1 aromatic heterocycles. The minimum atomic E-state index is -0.466. The molecular weight excluding hydrogens is 298 g/mol. The molecule has 0 saturated carbocycles. The lowest BCUT2D eigenvalue weighted by Gasteiger charge is -2.17. The van der Waals surface area contributed by atoms with E-state index in [2.05, 4.69) is 10.4 Å². The number of ketones is 1. The zero-order valence-electron chi connectivity index (χ0n) is 12.3. The Kier molecular flexibility index (Phi) is 4.40. The summed E-state index contributed by atoms with van der Waals surface area (Å²) in [6.07, 6.45) is 1.98. The van der Waals surface area contributed by atoms with Gasteiger partial charge in [0.15, 0.2) is 5.78 Å². The highest BCUT2D eigenvalue weighted by Crippen LogP contribution is 2.27. The van der Waals surface area contributed by atoms with Crippen LogP contribution in [0.2, 0.25) is 0 Å². The number of carbonyl (C=O) groups excluding carboxylic acids is 1. The van der Waals surface area contributed by atoms with Crippen molar-refractivity contribution in [2.24, 2.45) is 7.05 Å². The van der Waals surface area contributed by atoms with Gasteiger partial charge in [0.05, 0.1) is 17.1 Å². The van der Waals surface area contributed by atoms with E-state index in [1.54, 1.807) is 13.2 Å². The van der Waals surface area contributed by atoms with E-state index >= 15 is 0 Å². The van der Waals surface area contributed by atoms with E-state index in [9.17, 15) is 9.59 Å². The van der Waals surface area contributed by atoms with Crippen LogP contribution in [0, 0.1) is 0 Å². The van der Waals surface area contributed by atoms with Gasteiger partial charge in [-0.1, -0.05) is 30.3 Å². The molecule has 3 rings (SSSR count). The van der Waals surface area contributed by atoms with Crippen LogP contribution in [0.5, 0.6) is 0 Å². The molecule has 1 aliphatic heterocycles. The summed E-state index contributed by atoms with van der Waals surface area (Å²) in [6.45, 7) is 0.688. The van der Waals surface area contributed by atoms with Crippen LogP contribution in [0.15, 0.2) is 46.2 Å². The molecule has 2 aromatic rings. The normalized spacial score (nSPS) is 17.6. The molecule has 0 aliphatic carbocycles. The van der Waals surface area contributed by atoms with E-state index in [0.717, 1.165) is 11.3 Å². The molecule has 0 saturated heterocycles. The first-order chi connectivity index (χ1) is 10.7. The average Bonchev–Trinajstić information content (AvgIpc) is 2.75. The first-order valence-corrected chi connectivity index (χ1v) is 8.14. The van der Waals surface area contributed by atoms with Crippen LogP contribution in [0.3, 0.4) is 0 Å². The van der Waals surface area contributed by atoms with Crippen LogP contribution in [0.4, 0.5) is 0 Å². The van der Waals surface area contributed by atoms with Crippen molar-refractivity contribution in [3.05, 3.63) is 58.0 Å². The van der Waals surface area contributed by atoms with Crippen molar-refractivity contribution >= 4 is 17.5 Å². The molecule has 0 fully saturated rings. The molecular formula is C16H17N3O2S. The third kappa shape index (κ3) is 2.98. The number of benzene rings is 1. The Morgan fingerprint density at radius 1 is 1.41 bits per heavy atom. The zero-order valence-corrected chi connectivity index (χ0v) is 13.1. The molecule has 1 aromatic carbocycles. The number of carbonyl (C=O) groups is 1. The second-order valence-electron chi connectivity index (χ2n) is 5.22. The number of aromatic nitrogens is 2. The molecule has 1 aliphatic rings. The van der Waals surface area contributed by atoms with Gasteiger partial charge in [-0.15, -0.1) is 11.8 Å². The molecule has 5 nitrogen and oxygen atoms in total. The highest BCUT2D eigenvalue weighted by Gasteiger charge is 2.27. The van der Waals surface area contributed by atoms with Gasteiger partial charge in [-0.25, -0.2) is 4.68 Å². The minimum absolute atomic E-state index is 0.0602. The largest absolute Gasteiger partial charge is 0.303 e. The van der Waals surface area contributed by atoms with Gasteiger partial charge >= 0.3 is 0 Å². The Morgan fingerprint density at radius 2 is 2.18 bits per heavy atom. The van der Waals surface area contributed by atoms with E-state index in [1.165, 1.54) is 16.4 Å². The molecule has 22 heavy (non-hydrogen) atoms. The van der Waals surface area contributed by atoms with Crippen LogP contribution in [0.25, 0.3) is 0 Å². The quantitative estimate of drug-likeness (QED) is 0.926. The summed E-state index contributed by atoms with van der Waals surface area (Å²) in [5, 5.41) is 7.32.